The standard InChI is InChI=1S/C67H111NO8/c1-3-5-7-9-11-13-15-17-19-21-22-23-24-25-26-27-28-29-30-31-32-33-34-35-36-37-38-39-40-41-43-45-47-49-51-53-55-57-63(71)68-60(59-75-67-66(74)65(73)64(72)62(58-69)76-67)61(70)56-54-52-50-48-46-44-42-20-18-16-14-12-10-8-6-4-2/h5,7,11,13,17,19,22-23,25-26,28-29,31-32,34-35,37-38,40-41,54,56,60-62,64-67,69-70,72-74H,3-4,6,8-10,12,14-16,18,20-21,24,27,30,33,36,39,42-53,55,57-59H2,1-2H3,(H,68,71)/b7-5-,13-11-,19-17-,23-22-,26-25-,29-28-,32-31-,35-34-,38-37-,41-40-,56-54+. The first-order chi connectivity index (χ1) is 37.3. The molecule has 1 aliphatic heterocycles. The van der Waals surface area contributed by atoms with Gasteiger partial charge in [-0.25, -0.2) is 0 Å². The minimum atomic E-state index is -1.58. The number of rotatable bonds is 50. The largest absolute Gasteiger partial charge is 0.394 e. The molecule has 0 aromatic carbocycles. The van der Waals surface area contributed by atoms with Gasteiger partial charge < -0.3 is 40.3 Å². The van der Waals surface area contributed by atoms with Gasteiger partial charge in [0.05, 0.1) is 25.4 Å². The molecule has 9 nitrogen and oxygen atoms in total. The number of allylic oxidation sites excluding steroid dienone is 21. The zero-order chi connectivity index (χ0) is 55.0. The number of ether oxygens (including phenoxy) is 2. The second kappa shape index (κ2) is 54.7. The first-order valence-electron chi connectivity index (χ1n) is 30.4. The molecule has 432 valence electrons. The monoisotopic (exact) mass is 1060 g/mol. The van der Waals surface area contributed by atoms with Crippen molar-refractivity contribution in [1.82, 2.24) is 5.32 Å². The van der Waals surface area contributed by atoms with Crippen LogP contribution in [0.25, 0.3) is 0 Å². The Morgan fingerprint density at radius 1 is 0.461 bits per heavy atom. The van der Waals surface area contributed by atoms with Crippen LogP contribution in [0, 0.1) is 0 Å². The molecule has 1 fully saturated rings. The van der Waals surface area contributed by atoms with Gasteiger partial charge in [-0.15, -0.1) is 0 Å². The third kappa shape index (κ3) is 43.3. The highest BCUT2D eigenvalue weighted by Gasteiger charge is 2.44. The number of amides is 1. The van der Waals surface area contributed by atoms with Crippen molar-refractivity contribution in [3.05, 3.63) is 134 Å². The minimum Gasteiger partial charge on any atom is -0.394 e. The second-order valence-corrected chi connectivity index (χ2v) is 20.4. The molecule has 0 aromatic rings. The molecule has 6 N–H and O–H groups in total. The number of unbranched alkanes of at least 4 members (excludes halogenated alkanes) is 20. The lowest BCUT2D eigenvalue weighted by molar-refractivity contribution is -0.302. The minimum absolute atomic E-state index is 0.197. The topological polar surface area (TPSA) is 149 Å². The van der Waals surface area contributed by atoms with Gasteiger partial charge in [0.15, 0.2) is 6.29 Å². The van der Waals surface area contributed by atoms with E-state index in [2.05, 4.69) is 141 Å². The van der Waals surface area contributed by atoms with E-state index in [-0.39, 0.29) is 12.5 Å². The molecule has 7 atom stereocenters. The molecule has 0 aliphatic carbocycles. The molecule has 1 heterocycles. The Balaban J connectivity index is 2.21. The van der Waals surface area contributed by atoms with Crippen molar-refractivity contribution in [2.24, 2.45) is 0 Å². The molecule has 7 unspecified atom stereocenters. The average molecular weight is 1060 g/mol. The van der Waals surface area contributed by atoms with Crippen LogP contribution >= 0.6 is 0 Å². The van der Waals surface area contributed by atoms with Crippen LogP contribution in [-0.4, -0.2) is 87.5 Å². The number of aliphatic hydroxyl groups excluding tert-OH is 5. The van der Waals surface area contributed by atoms with E-state index in [1.54, 1.807) is 6.08 Å². The van der Waals surface area contributed by atoms with E-state index in [4.69, 9.17) is 9.47 Å². The van der Waals surface area contributed by atoms with Crippen LogP contribution in [-0.2, 0) is 14.3 Å². The molecule has 76 heavy (non-hydrogen) atoms. The van der Waals surface area contributed by atoms with Crippen molar-refractivity contribution < 1.29 is 39.8 Å². The fourth-order valence-electron chi connectivity index (χ4n) is 8.71. The number of carbonyl (C=O) groups is 1. The highest BCUT2D eigenvalue weighted by molar-refractivity contribution is 5.76. The Morgan fingerprint density at radius 3 is 1.21 bits per heavy atom. The Labute approximate surface area is 464 Å². The van der Waals surface area contributed by atoms with Crippen molar-refractivity contribution in [2.45, 2.75) is 269 Å². The van der Waals surface area contributed by atoms with Gasteiger partial charge in [-0.1, -0.05) is 257 Å². The first-order valence-corrected chi connectivity index (χ1v) is 30.4. The van der Waals surface area contributed by atoms with E-state index in [1.807, 2.05) is 6.08 Å². The molecule has 0 aromatic heterocycles. The molecule has 1 rings (SSSR count). The van der Waals surface area contributed by atoms with Crippen molar-refractivity contribution in [3.8, 4) is 0 Å². The fraction of sp³-hybridized carbons (Fsp3) is 0.657. The molecule has 1 aliphatic rings. The molecule has 0 saturated carbocycles. The van der Waals surface area contributed by atoms with Gasteiger partial charge in [-0.2, -0.15) is 0 Å². The van der Waals surface area contributed by atoms with Crippen LogP contribution in [0.5, 0.6) is 0 Å². The molecule has 1 amide bonds. The van der Waals surface area contributed by atoms with Gasteiger partial charge in [-0.05, 0) is 96.3 Å². The number of carbonyl (C=O) groups excluding carboxylic acids is 1. The van der Waals surface area contributed by atoms with E-state index in [0.717, 1.165) is 128 Å². The van der Waals surface area contributed by atoms with E-state index in [9.17, 15) is 30.3 Å². The Bertz CT molecular complexity index is 1650. The van der Waals surface area contributed by atoms with Crippen LogP contribution in [0.2, 0.25) is 0 Å². The third-order valence-electron chi connectivity index (χ3n) is 13.5. The summed E-state index contributed by atoms with van der Waals surface area (Å²) in [5.74, 6) is -0.197. The average Bonchev–Trinajstić information content (AvgIpc) is 3.42. The zero-order valence-electron chi connectivity index (χ0n) is 48.0. The summed E-state index contributed by atoms with van der Waals surface area (Å²) in [7, 11) is 0. The smallest absolute Gasteiger partial charge is 0.220 e. The summed E-state index contributed by atoms with van der Waals surface area (Å²) in [5.41, 5.74) is 0. The maximum Gasteiger partial charge on any atom is 0.220 e. The first kappa shape index (κ1) is 70.3. The molecular weight excluding hydrogens is 947 g/mol. The van der Waals surface area contributed by atoms with Crippen LogP contribution in [0.1, 0.15) is 226 Å². The zero-order valence-corrected chi connectivity index (χ0v) is 48.0. The maximum atomic E-state index is 13.1. The van der Waals surface area contributed by atoms with Crippen LogP contribution in [0.4, 0.5) is 0 Å². The summed E-state index contributed by atoms with van der Waals surface area (Å²) < 4.78 is 11.3. The molecular formula is C67H111NO8. The van der Waals surface area contributed by atoms with Gasteiger partial charge in [0.2, 0.25) is 5.91 Å². The highest BCUT2D eigenvalue weighted by atomic mass is 16.7. The van der Waals surface area contributed by atoms with Crippen LogP contribution in [0.15, 0.2) is 134 Å². The van der Waals surface area contributed by atoms with Crippen molar-refractivity contribution in [1.29, 1.82) is 0 Å². The van der Waals surface area contributed by atoms with Crippen LogP contribution < -0.4 is 5.32 Å². The van der Waals surface area contributed by atoms with Crippen molar-refractivity contribution >= 4 is 5.91 Å². The summed E-state index contributed by atoms with van der Waals surface area (Å²) >= 11 is 0. The molecule has 0 radical (unpaired) electrons. The van der Waals surface area contributed by atoms with Crippen molar-refractivity contribution in [2.75, 3.05) is 13.2 Å². The van der Waals surface area contributed by atoms with Gasteiger partial charge >= 0.3 is 0 Å². The SMILES string of the molecule is CC/C=C\C/C=C\C/C=C\C/C=C\C/C=C\C/C=C\C/C=C\C/C=C\C/C=C\C/C=C\CCCCCCCCC(=O)NC(COC1OC(CO)C(O)C(O)C1O)C(O)/C=C/CCCCCCCCCCCCCCCC. The highest BCUT2D eigenvalue weighted by Crippen LogP contribution is 2.23. The number of nitrogens with one attached hydrogen (secondary N) is 1. The fourth-order valence-corrected chi connectivity index (χ4v) is 8.71. The molecule has 9 heteroatoms. The molecule has 0 bridgehead atoms. The van der Waals surface area contributed by atoms with Gasteiger partial charge in [0.1, 0.15) is 24.4 Å². The Kier molecular flexibility index (Phi) is 50.6. The van der Waals surface area contributed by atoms with Crippen LogP contribution in [0.3, 0.4) is 0 Å². The Morgan fingerprint density at radius 2 is 0.816 bits per heavy atom. The van der Waals surface area contributed by atoms with Gasteiger partial charge in [0.25, 0.3) is 0 Å². The molecule has 1 saturated heterocycles. The predicted molar refractivity (Wildman–Crippen MR) is 322 cm³/mol. The summed E-state index contributed by atoms with van der Waals surface area (Å²) in [4.78, 5) is 13.1. The number of aliphatic hydroxyl groups is 5. The summed E-state index contributed by atoms with van der Waals surface area (Å²) in [6.45, 7) is 3.65. The summed E-state index contributed by atoms with van der Waals surface area (Å²) in [6, 6.07) is -0.823. The maximum absolute atomic E-state index is 13.1. The number of hydrogen-bond donors (Lipinski definition) is 6. The van der Waals surface area contributed by atoms with E-state index in [1.165, 1.54) is 77.0 Å². The third-order valence-corrected chi connectivity index (χ3v) is 13.5. The van der Waals surface area contributed by atoms with E-state index < -0.39 is 49.5 Å². The van der Waals surface area contributed by atoms with Crippen molar-refractivity contribution in [3.63, 3.8) is 0 Å². The van der Waals surface area contributed by atoms with E-state index >= 15 is 0 Å². The predicted octanol–water partition coefficient (Wildman–Crippen LogP) is 15.7. The lowest BCUT2D eigenvalue weighted by Crippen LogP contribution is -2.60. The molecule has 0 spiro atoms. The van der Waals surface area contributed by atoms with E-state index in [0.29, 0.717) is 6.42 Å². The quantitative estimate of drug-likeness (QED) is 0.0261. The summed E-state index contributed by atoms with van der Waals surface area (Å²) in [6.07, 6.45) is 76.6. The van der Waals surface area contributed by atoms with Gasteiger partial charge in [0, 0.05) is 6.42 Å². The lowest BCUT2D eigenvalue weighted by Gasteiger charge is -2.40. The summed E-state index contributed by atoms with van der Waals surface area (Å²) in [5, 5.41) is 54.5. The second-order valence-electron chi connectivity index (χ2n) is 20.4. The van der Waals surface area contributed by atoms with Gasteiger partial charge in [-0.3, -0.25) is 4.79 Å². The normalized spacial score (nSPS) is 19.8. The lowest BCUT2D eigenvalue weighted by atomic mass is 9.99. The number of hydrogen-bond acceptors (Lipinski definition) is 8. The Hall–Kier alpha value is -3.67.